The molecule has 26 heavy (non-hydrogen) atoms. The molecule has 1 N–H and O–H groups in total. The Hall–Kier alpha value is -2.62. The molecule has 1 atom stereocenters. The van der Waals surface area contributed by atoms with Gasteiger partial charge in [-0.15, -0.1) is 0 Å². The monoisotopic (exact) mass is 352 g/mol. The van der Waals surface area contributed by atoms with Crippen LogP contribution < -0.4 is 5.32 Å². The first kappa shape index (κ1) is 19.7. The van der Waals surface area contributed by atoms with E-state index in [0.29, 0.717) is 25.8 Å². The second kappa shape index (κ2) is 9.76. The van der Waals surface area contributed by atoms with E-state index < -0.39 is 6.04 Å². The summed E-state index contributed by atoms with van der Waals surface area (Å²) in [5, 5.41) is 2.69. The highest BCUT2D eigenvalue weighted by molar-refractivity contribution is 5.87. The van der Waals surface area contributed by atoms with Gasteiger partial charge in [0.25, 0.3) is 0 Å². The molecule has 4 nitrogen and oxygen atoms in total. The van der Waals surface area contributed by atoms with Crippen LogP contribution in [0.25, 0.3) is 0 Å². The summed E-state index contributed by atoms with van der Waals surface area (Å²) in [6, 6.07) is 17.6. The normalized spacial score (nSPS) is 11.7. The van der Waals surface area contributed by atoms with Crippen LogP contribution in [0.3, 0.4) is 0 Å². The van der Waals surface area contributed by atoms with E-state index in [1.165, 1.54) is 0 Å². The standard InChI is InChI=1S/C22H28N2O2/c1-4-20(22(26)23-3)24(16-19-12-8-9-17(2)15-19)21(25)14-13-18-10-6-5-7-11-18/h5-12,15,20H,4,13-14,16H2,1-3H3,(H,23,26). The van der Waals surface area contributed by atoms with Crippen LogP contribution in [0.1, 0.15) is 36.5 Å². The fourth-order valence-electron chi connectivity index (χ4n) is 3.13. The molecule has 138 valence electrons. The lowest BCUT2D eigenvalue weighted by Crippen LogP contribution is -2.48. The van der Waals surface area contributed by atoms with Gasteiger partial charge in [0, 0.05) is 20.0 Å². The zero-order valence-electron chi connectivity index (χ0n) is 15.9. The second-order valence-electron chi connectivity index (χ2n) is 6.53. The topological polar surface area (TPSA) is 49.4 Å². The van der Waals surface area contributed by atoms with Crippen molar-refractivity contribution in [3.05, 3.63) is 71.3 Å². The fraction of sp³-hybridized carbons (Fsp3) is 0.364. The van der Waals surface area contributed by atoms with Crippen LogP contribution in [0.15, 0.2) is 54.6 Å². The molecule has 0 bridgehead atoms. The zero-order valence-corrected chi connectivity index (χ0v) is 15.9. The summed E-state index contributed by atoms with van der Waals surface area (Å²) < 4.78 is 0. The largest absolute Gasteiger partial charge is 0.357 e. The van der Waals surface area contributed by atoms with Crippen molar-refractivity contribution in [3.63, 3.8) is 0 Å². The predicted octanol–water partition coefficient (Wildman–Crippen LogP) is 3.48. The molecule has 0 saturated heterocycles. The number of nitrogens with zero attached hydrogens (tertiary/aromatic N) is 1. The van der Waals surface area contributed by atoms with E-state index in [9.17, 15) is 9.59 Å². The molecule has 1 unspecified atom stereocenters. The number of carbonyl (C=O) groups excluding carboxylic acids is 2. The number of rotatable bonds is 8. The third-order valence-corrected chi connectivity index (χ3v) is 4.54. The number of hydrogen-bond acceptors (Lipinski definition) is 2. The van der Waals surface area contributed by atoms with Crippen LogP contribution >= 0.6 is 0 Å². The van der Waals surface area contributed by atoms with Gasteiger partial charge in [-0.05, 0) is 30.9 Å². The van der Waals surface area contributed by atoms with Crippen molar-refractivity contribution in [1.29, 1.82) is 0 Å². The molecule has 0 aliphatic carbocycles. The van der Waals surface area contributed by atoms with Crippen LogP contribution in [0, 0.1) is 6.92 Å². The van der Waals surface area contributed by atoms with Gasteiger partial charge in [0.1, 0.15) is 6.04 Å². The minimum Gasteiger partial charge on any atom is -0.357 e. The van der Waals surface area contributed by atoms with Gasteiger partial charge in [0.05, 0.1) is 0 Å². The molecular formula is C22H28N2O2. The molecule has 2 rings (SSSR count). The molecule has 0 aliphatic rings. The number of nitrogens with one attached hydrogen (secondary N) is 1. The summed E-state index contributed by atoms with van der Waals surface area (Å²) in [7, 11) is 1.62. The van der Waals surface area contributed by atoms with E-state index in [0.717, 1.165) is 16.7 Å². The first-order valence-electron chi connectivity index (χ1n) is 9.15. The van der Waals surface area contributed by atoms with Crippen LogP contribution in [-0.4, -0.2) is 29.8 Å². The molecular weight excluding hydrogens is 324 g/mol. The Bertz CT molecular complexity index is 728. The van der Waals surface area contributed by atoms with Crippen molar-refractivity contribution in [1.82, 2.24) is 10.2 Å². The van der Waals surface area contributed by atoms with Crippen LogP contribution in [0.2, 0.25) is 0 Å². The van der Waals surface area contributed by atoms with E-state index in [1.54, 1.807) is 11.9 Å². The summed E-state index contributed by atoms with van der Waals surface area (Å²) in [6.45, 7) is 4.41. The summed E-state index contributed by atoms with van der Waals surface area (Å²) in [6.07, 6.45) is 1.65. The zero-order chi connectivity index (χ0) is 18.9. The average Bonchev–Trinajstić information content (AvgIpc) is 2.66. The number of hydrogen-bond donors (Lipinski definition) is 1. The van der Waals surface area contributed by atoms with Gasteiger partial charge < -0.3 is 10.2 Å². The van der Waals surface area contributed by atoms with Crippen molar-refractivity contribution < 1.29 is 9.59 Å². The Morgan fingerprint density at radius 1 is 1.04 bits per heavy atom. The summed E-state index contributed by atoms with van der Waals surface area (Å²) in [5.74, 6) is -0.112. The quantitative estimate of drug-likeness (QED) is 0.791. The van der Waals surface area contributed by atoms with Gasteiger partial charge in [0.15, 0.2) is 0 Å². The van der Waals surface area contributed by atoms with Crippen molar-refractivity contribution in [2.24, 2.45) is 0 Å². The molecule has 2 aromatic rings. The highest BCUT2D eigenvalue weighted by Crippen LogP contribution is 2.16. The van der Waals surface area contributed by atoms with Gasteiger partial charge in [-0.1, -0.05) is 67.1 Å². The van der Waals surface area contributed by atoms with E-state index in [4.69, 9.17) is 0 Å². The molecule has 0 fully saturated rings. The fourth-order valence-corrected chi connectivity index (χ4v) is 3.13. The van der Waals surface area contributed by atoms with Crippen molar-refractivity contribution in [2.75, 3.05) is 7.05 Å². The van der Waals surface area contributed by atoms with Crippen LogP contribution in [0.5, 0.6) is 0 Å². The Morgan fingerprint density at radius 2 is 1.73 bits per heavy atom. The maximum Gasteiger partial charge on any atom is 0.242 e. The van der Waals surface area contributed by atoms with E-state index in [2.05, 4.69) is 11.4 Å². The highest BCUT2D eigenvalue weighted by Gasteiger charge is 2.27. The SMILES string of the molecule is CCC(C(=O)NC)N(Cc1cccc(C)c1)C(=O)CCc1ccccc1. The van der Waals surface area contributed by atoms with Gasteiger partial charge in [-0.25, -0.2) is 0 Å². The smallest absolute Gasteiger partial charge is 0.242 e. The van der Waals surface area contributed by atoms with Crippen molar-refractivity contribution >= 4 is 11.8 Å². The lowest BCUT2D eigenvalue weighted by atomic mass is 10.1. The van der Waals surface area contributed by atoms with Gasteiger partial charge in [-0.3, -0.25) is 9.59 Å². The molecule has 0 spiro atoms. The lowest BCUT2D eigenvalue weighted by Gasteiger charge is -2.30. The first-order chi connectivity index (χ1) is 12.5. The number of amides is 2. The summed E-state index contributed by atoms with van der Waals surface area (Å²) >= 11 is 0. The van der Waals surface area contributed by atoms with Crippen LogP contribution in [-0.2, 0) is 22.6 Å². The Balaban J connectivity index is 2.17. The lowest BCUT2D eigenvalue weighted by molar-refractivity contribution is -0.141. The maximum atomic E-state index is 13.0. The van der Waals surface area contributed by atoms with Crippen LogP contribution in [0.4, 0.5) is 0 Å². The Morgan fingerprint density at radius 3 is 2.35 bits per heavy atom. The molecule has 0 radical (unpaired) electrons. The molecule has 2 amide bonds. The Labute approximate surface area is 156 Å². The second-order valence-corrected chi connectivity index (χ2v) is 6.53. The Kier molecular flexibility index (Phi) is 7.39. The third kappa shape index (κ3) is 5.45. The number of likely N-dealkylation sites (N-methyl/N-ethyl adjacent to an activating group) is 1. The van der Waals surface area contributed by atoms with Crippen molar-refractivity contribution in [2.45, 2.75) is 45.7 Å². The number of aryl methyl sites for hydroxylation is 2. The minimum atomic E-state index is -0.455. The van der Waals surface area contributed by atoms with E-state index in [-0.39, 0.29) is 11.8 Å². The summed E-state index contributed by atoms with van der Waals surface area (Å²) in [5.41, 5.74) is 3.32. The van der Waals surface area contributed by atoms with E-state index >= 15 is 0 Å². The molecule has 0 heterocycles. The predicted molar refractivity (Wildman–Crippen MR) is 105 cm³/mol. The average molecular weight is 352 g/mol. The molecule has 4 heteroatoms. The number of carbonyl (C=O) groups is 2. The maximum absolute atomic E-state index is 13.0. The molecule has 0 aliphatic heterocycles. The number of benzene rings is 2. The van der Waals surface area contributed by atoms with Gasteiger partial charge in [0.2, 0.25) is 11.8 Å². The summed E-state index contributed by atoms with van der Waals surface area (Å²) in [4.78, 5) is 27.0. The first-order valence-corrected chi connectivity index (χ1v) is 9.15. The molecule has 2 aromatic carbocycles. The van der Waals surface area contributed by atoms with Crippen molar-refractivity contribution in [3.8, 4) is 0 Å². The van der Waals surface area contributed by atoms with Gasteiger partial charge in [-0.2, -0.15) is 0 Å². The van der Waals surface area contributed by atoms with E-state index in [1.807, 2.05) is 62.4 Å². The highest BCUT2D eigenvalue weighted by atomic mass is 16.2. The third-order valence-electron chi connectivity index (χ3n) is 4.54. The molecule has 0 saturated carbocycles. The minimum absolute atomic E-state index is 0.00538. The molecule has 0 aromatic heterocycles. The van der Waals surface area contributed by atoms with Gasteiger partial charge >= 0.3 is 0 Å².